The number of carbonyl (C=O) groups excluding carboxylic acids is 1. The molecule has 0 bridgehead atoms. The Morgan fingerprint density at radius 2 is 2.03 bits per heavy atom. The normalized spacial score (nSPS) is 20.8. The van der Waals surface area contributed by atoms with Gasteiger partial charge in [0.2, 0.25) is 0 Å². The first-order chi connectivity index (χ1) is 14.6. The van der Waals surface area contributed by atoms with Gasteiger partial charge in [-0.15, -0.1) is 0 Å². The molecule has 0 spiro atoms. The molecule has 6 heteroatoms. The fourth-order valence-electron chi connectivity index (χ4n) is 3.98. The molecule has 2 heterocycles. The third-order valence-electron chi connectivity index (χ3n) is 5.52. The van der Waals surface area contributed by atoms with Crippen molar-refractivity contribution in [3.8, 4) is 11.5 Å². The van der Waals surface area contributed by atoms with E-state index in [1.807, 2.05) is 47.4 Å². The Hall–Kier alpha value is -2.73. The molecule has 0 aromatic heterocycles. The lowest BCUT2D eigenvalue weighted by molar-refractivity contribution is 0.0426. The Labute approximate surface area is 178 Å². The highest BCUT2D eigenvalue weighted by Gasteiger charge is 2.35. The molecule has 2 unspecified atom stereocenters. The highest BCUT2D eigenvalue weighted by atomic mass is 16.5. The smallest absolute Gasteiger partial charge is 0.257 e. The van der Waals surface area contributed by atoms with Crippen LogP contribution in [0.2, 0.25) is 0 Å². The third-order valence-corrected chi connectivity index (χ3v) is 5.52. The highest BCUT2D eigenvalue weighted by molar-refractivity contribution is 6.01. The number of ether oxygens (including phenoxy) is 3. The SMILES string of the molecule is COc1cc(C2Nc3ccccc3C(=O)N2CC2CCCO2)ccc1OCC(C)C. The van der Waals surface area contributed by atoms with Crippen LogP contribution in [0.1, 0.15) is 48.8 Å². The lowest BCUT2D eigenvalue weighted by Gasteiger charge is -2.39. The number of fused-ring (bicyclic) bond motifs is 1. The summed E-state index contributed by atoms with van der Waals surface area (Å²) < 4.78 is 17.3. The summed E-state index contributed by atoms with van der Waals surface area (Å²) in [7, 11) is 1.64. The fourth-order valence-corrected chi connectivity index (χ4v) is 3.98. The minimum absolute atomic E-state index is 0.0175. The van der Waals surface area contributed by atoms with Crippen LogP contribution in [-0.2, 0) is 4.74 Å². The summed E-state index contributed by atoms with van der Waals surface area (Å²) in [4.78, 5) is 15.2. The van der Waals surface area contributed by atoms with Crippen molar-refractivity contribution in [3.05, 3.63) is 53.6 Å². The molecule has 0 radical (unpaired) electrons. The number of methoxy groups -OCH3 is 1. The fraction of sp³-hybridized carbons (Fsp3) is 0.458. The van der Waals surface area contributed by atoms with Crippen molar-refractivity contribution in [1.82, 2.24) is 4.90 Å². The molecule has 30 heavy (non-hydrogen) atoms. The van der Waals surface area contributed by atoms with Crippen molar-refractivity contribution in [2.45, 2.75) is 39.0 Å². The second kappa shape index (κ2) is 8.96. The van der Waals surface area contributed by atoms with Crippen LogP contribution in [0.5, 0.6) is 11.5 Å². The Morgan fingerprint density at radius 1 is 1.20 bits per heavy atom. The first-order valence-corrected chi connectivity index (χ1v) is 10.7. The number of nitrogens with one attached hydrogen (secondary N) is 1. The monoisotopic (exact) mass is 410 g/mol. The Morgan fingerprint density at radius 3 is 2.77 bits per heavy atom. The molecule has 2 atom stereocenters. The molecule has 1 saturated heterocycles. The van der Waals surface area contributed by atoms with Crippen LogP contribution in [-0.4, -0.2) is 43.8 Å². The van der Waals surface area contributed by atoms with Crippen molar-refractivity contribution >= 4 is 11.6 Å². The van der Waals surface area contributed by atoms with Gasteiger partial charge in [-0.3, -0.25) is 4.79 Å². The molecule has 2 aromatic carbocycles. The maximum Gasteiger partial charge on any atom is 0.257 e. The summed E-state index contributed by atoms with van der Waals surface area (Å²) in [6, 6.07) is 13.5. The van der Waals surface area contributed by atoms with Crippen molar-refractivity contribution < 1.29 is 19.0 Å². The van der Waals surface area contributed by atoms with Gasteiger partial charge >= 0.3 is 0 Å². The standard InChI is InChI=1S/C24H30N2O4/c1-16(2)15-30-21-11-10-17(13-22(21)28-3)23-25-20-9-5-4-8-19(20)24(27)26(23)14-18-7-6-12-29-18/h4-5,8-11,13,16,18,23,25H,6-7,12,14-15H2,1-3H3. The van der Waals surface area contributed by atoms with E-state index in [1.54, 1.807) is 7.11 Å². The van der Waals surface area contributed by atoms with Gasteiger partial charge in [0.1, 0.15) is 6.17 Å². The lowest BCUT2D eigenvalue weighted by atomic mass is 10.0. The molecule has 0 aliphatic carbocycles. The summed E-state index contributed by atoms with van der Waals surface area (Å²) >= 11 is 0. The van der Waals surface area contributed by atoms with E-state index in [2.05, 4.69) is 19.2 Å². The second-order valence-electron chi connectivity index (χ2n) is 8.30. The molecule has 6 nitrogen and oxygen atoms in total. The van der Waals surface area contributed by atoms with Crippen LogP contribution in [0.25, 0.3) is 0 Å². The summed E-state index contributed by atoms with van der Waals surface area (Å²) in [5.41, 5.74) is 2.48. The largest absolute Gasteiger partial charge is 0.493 e. The summed E-state index contributed by atoms with van der Waals surface area (Å²) in [5, 5.41) is 3.54. The van der Waals surface area contributed by atoms with E-state index in [-0.39, 0.29) is 18.2 Å². The van der Waals surface area contributed by atoms with Gasteiger partial charge in [0.15, 0.2) is 11.5 Å². The van der Waals surface area contributed by atoms with Gasteiger partial charge in [-0.2, -0.15) is 0 Å². The molecule has 4 rings (SSSR count). The summed E-state index contributed by atoms with van der Waals surface area (Å²) in [6.07, 6.45) is 1.78. The molecule has 160 valence electrons. The lowest BCUT2D eigenvalue weighted by Crippen LogP contribution is -2.46. The van der Waals surface area contributed by atoms with Crippen molar-refractivity contribution in [1.29, 1.82) is 0 Å². The van der Waals surface area contributed by atoms with E-state index in [4.69, 9.17) is 14.2 Å². The highest BCUT2D eigenvalue weighted by Crippen LogP contribution is 2.37. The minimum atomic E-state index is -0.301. The second-order valence-corrected chi connectivity index (χ2v) is 8.30. The third kappa shape index (κ3) is 4.24. The molecule has 0 saturated carbocycles. The van der Waals surface area contributed by atoms with Crippen LogP contribution in [0.4, 0.5) is 5.69 Å². The van der Waals surface area contributed by atoms with E-state index in [0.717, 1.165) is 30.7 Å². The molecular weight excluding hydrogens is 380 g/mol. The maximum atomic E-state index is 13.4. The van der Waals surface area contributed by atoms with E-state index in [1.165, 1.54) is 0 Å². The predicted molar refractivity (Wildman–Crippen MR) is 116 cm³/mol. The maximum absolute atomic E-state index is 13.4. The van der Waals surface area contributed by atoms with Crippen LogP contribution in [0.3, 0.4) is 0 Å². The average molecular weight is 411 g/mol. The number of amides is 1. The van der Waals surface area contributed by atoms with Crippen LogP contribution >= 0.6 is 0 Å². The van der Waals surface area contributed by atoms with Crippen molar-refractivity contribution in [2.75, 3.05) is 32.2 Å². The first kappa shape index (κ1) is 20.5. The quantitative estimate of drug-likeness (QED) is 0.730. The predicted octanol–water partition coefficient (Wildman–Crippen LogP) is 4.48. The molecule has 1 fully saturated rings. The number of hydrogen-bond acceptors (Lipinski definition) is 5. The zero-order valence-corrected chi connectivity index (χ0v) is 17.9. The molecular formula is C24H30N2O4. The number of nitrogens with zero attached hydrogens (tertiary/aromatic N) is 1. The molecule has 2 aliphatic heterocycles. The number of hydrogen-bond donors (Lipinski definition) is 1. The van der Waals surface area contributed by atoms with Gasteiger partial charge in [0.25, 0.3) is 5.91 Å². The van der Waals surface area contributed by atoms with E-state index in [9.17, 15) is 4.79 Å². The van der Waals surface area contributed by atoms with Gasteiger partial charge in [-0.1, -0.05) is 32.0 Å². The van der Waals surface area contributed by atoms with Gasteiger partial charge in [-0.25, -0.2) is 0 Å². The number of rotatable bonds is 7. The Kier molecular flexibility index (Phi) is 6.13. The van der Waals surface area contributed by atoms with Crippen LogP contribution < -0.4 is 14.8 Å². The summed E-state index contributed by atoms with van der Waals surface area (Å²) in [5.74, 6) is 1.82. The summed E-state index contributed by atoms with van der Waals surface area (Å²) in [6.45, 7) is 6.15. The van der Waals surface area contributed by atoms with Crippen molar-refractivity contribution in [2.24, 2.45) is 5.92 Å². The number of anilines is 1. The molecule has 1 amide bonds. The van der Waals surface area contributed by atoms with Crippen molar-refractivity contribution in [3.63, 3.8) is 0 Å². The first-order valence-electron chi connectivity index (χ1n) is 10.7. The average Bonchev–Trinajstić information content (AvgIpc) is 3.27. The zero-order chi connectivity index (χ0) is 21.1. The van der Waals surface area contributed by atoms with E-state index >= 15 is 0 Å². The number of benzene rings is 2. The van der Waals surface area contributed by atoms with Gasteiger partial charge in [-0.05, 0) is 48.6 Å². The molecule has 2 aromatic rings. The van der Waals surface area contributed by atoms with Gasteiger partial charge < -0.3 is 24.4 Å². The van der Waals surface area contributed by atoms with Gasteiger partial charge in [0, 0.05) is 18.8 Å². The van der Waals surface area contributed by atoms with E-state index in [0.29, 0.717) is 36.1 Å². The molecule has 1 N–H and O–H groups in total. The van der Waals surface area contributed by atoms with E-state index < -0.39 is 0 Å². The van der Waals surface area contributed by atoms with Crippen LogP contribution in [0, 0.1) is 5.92 Å². The Balaban J connectivity index is 1.66. The number of carbonyl (C=O) groups is 1. The topological polar surface area (TPSA) is 60.0 Å². The molecule has 2 aliphatic rings. The number of para-hydroxylation sites is 1. The van der Waals surface area contributed by atoms with Crippen LogP contribution in [0.15, 0.2) is 42.5 Å². The van der Waals surface area contributed by atoms with Gasteiger partial charge in [0.05, 0.1) is 25.4 Å². The minimum Gasteiger partial charge on any atom is -0.493 e. The zero-order valence-electron chi connectivity index (χ0n) is 17.9. The Bertz CT molecular complexity index is 893.